The molecule has 0 atom stereocenters. The van der Waals surface area contributed by atoms with Crippen molar-refractivity contribution >= 4 is 18.6 Å². The quantitative estimate of drug-likeness (QED) is 0.232. The van der Waals surface area contributed by atoms with Gasteiger partial charge in [0.1, 0.15) is 5.60 Å². The molecule has 0 aliphatic carbocycles. The van der Waals surface area contributed by atoms with Crippen molar-refractivity contribution in [2.45, 2.75) is 26.4 Å². The maximum absolute atomic E-state index is 11.5. The van der Waals surface area contributed by atoms with Crippen LogP contribution in [0.15, 0.2) is 0 Å². The van der Waals surface area contributed by atoms with E-state index in [1.165, 1.54) is 13.3 Å². The molecule has 6 heteroatoms. The number of hydrogen-bond donors (Lipinski definition) is 0. The molecule has 0 amide bonds. The summed E-state index contributed by atoms with van der Waals surface area (Å²) in [6.45, 7) is 7.71. The van der Waals surface area contributed by atoms with Gasteiger partial charge < -0.3 is 14.8 Å². The highest BCUT2D eigenvalue weighted by atomic mass is 31.2. The van der Waals surface area contributed by atoms with Crippen LogP contribution < -0.4 is 0 Å². The number of rotatable bonds is 2. The van der Waals surface area contributed by atoms with Crippen LogP contribution in [-0.2, 0) is 14.1 Å². The normalized spacial score (nSPS) is 11.8. The van der Waals surface area contributed by atoms with Crippen LogP contribution in [0.4, 0.5) is 0 Å². The van der Waals surface area contributed by atoms with Gasteiger partial charge in [-0.2, -0.15) is 4.79 Å². The Labute approximate surface area is 83.4 Å². The lowest BCUT2D eigenvalue weighted by Gasteiger charge is -2.18. The van der Waals surface area contributed by atoms with E-state index in [4.69, 9.17) is 10.3 Å². The van der Waals surface area contributed by atoms with E-state index in [0.29, 0.717) is 0 Å². The van der Waals surface area contributed by atoms with E-state index in [9.17, 15) is 9.36 Å². The monoisotopic (exact) mass is 218 g/mol. The molecule has 0 saturated carbocycles. The Hall–Kier alpha value is -0.920. The zero-order valence-corrected chi connectivity index (χ0v) is 9.96. The first kappa shape index (κ1) is 13.1. The van der Waals surface area contributed by atoms with Gasteiger partial charge in [0.25, 0.3) is 0 Å². The second-order valence-electron chi connectivity index (χ2n) is 4.28. The highest BCUT2D eigenvalue weighted by Gasteiger charge is 2.37. The predicted molar refractivity (Wildman–Crippen MR) is 53.9 cm³/mol. The van der Waals surface area contributed by atoms with Gasteiger partial charge >= 0.3 is 11.4 Å². The van der Waals surface area contributed by atoms with E-state index in [0.717, 1.165) is 0 Å². The van der Waals surface area contributed by atoms with Crippen molar-refractivity contribution < 1.29 is 18.9 Å². The molecule has 0 fully saturated rings. The Morgan fingerprint density at radius 1 is 1.36 bits per heavy atom. The zero-order chi connectivity index (χ0) is 11.6. The van der Waals surface area contributed by atoms with Crippen molar-refractivity contribution in [1.82, 2.24) is 0 Å². The molecule has 0 spiro atoms. The van der Waals surface area contributed by atoms with Gasteiger partial charge in [-0.15, -0.1) is 0 Å². The Morgan fingerprint density at radius 3 is 2.00 bits per heavy atom. The third-order valence-corrected chi connectivity index (χ3v) is 2.48. The molecule has 0 aromatic heterocycles. The van der Waals surface area contributed by atoms with Crippen LogP contribution in [0.25, 0.3) is 5.53 Å². The first-order chi connectivity index (χ1) is 6.08. The number of hydrogen-bond acceptors (Lipinski definition) is 3. The Bertz CT molecular complexity index is 331. The Kier molecular flexibility index (Phi) is 3.81. The molecule has 0 N–H and O–H groups in total. The number of carbonyl (C=O) groups is 1. The maximum Gasteiger partial charge on any atom is 0.429 e. The molecule has 0 aliphatic heterocycles. The molecule has 80 valence electrons. The zero-order valence-electron chi connectivity index (χ0n) is 9.07. The number of nitrogens with zero attached hydrogens (tertiary/aromatic N) is 2. The average Bonchev–Trinajstić information content (AvgIpc) is 1.79. The fourth-order valence-electron chi connectivity index (χ4n) is 0.692. The fraction of sp³-hybridized carbons (Fsp3) is 0.750. The summed E-state index contributed by atoms with van der Waals surface area (Å²) in [5, 5.41) is 0. The maximum atomic E-state index is 11.5. The van der Waals surface area contributed by atoms with E-state index >= 15 is 0 Å². The van der Waals surface area contributed by atoms with Gasteiger partial charge in [0.15, 0.2) is 7.14 Å². The van der Waals surface area contributed by atoms with Gasteiger partial charge in [0, 0.05) is 13.3 Å². The lowest BCUT2D eigenvalue weighted by Crippen LogP contribution is -2.29. The molecule has 0 bridgehead atoms. The number of esters is 1. The summed E-state index contributed by atoms with van der Waals surface area (Å²) in [6.07, 6.45) is 0. The highest BCUT2D eigenvalue weighted by Crippen LogP contribution is 2.37. The Morgan fingerprint density at radius 2 is 1.79 bits per heavy atom. The lowest BCUT2D eigenvalue weighted by molar-refractivity contribution is -0.150. The van der Waals surface area contributed by atoms with Gasteiger partial charge in [-0.25, -0.2) is 4.79 Å². The van der Waals surface area contributed by atoms with Crippen molar-refractivity contribution in [1.29, 1.82) is 0 Å². The molecule has 5 nitrogen and oxygen atoms in total. The smallest absolute Gasteiger partial charge is 0.429 e. The predicted octanol–water partition coefficient (Wildman–Crippen LogP) is 1.58. The van der Waals surface area contributed by atoms with Gasteiger partial charge in [0.2, 0.25) is 0 Å². The standard InChI is InChI=1S/C8H15N2O3P/c1-8(2,3)13-7(11)6(10-9)14(4,5)12/h1-5H3. The van der Waals surface area contributed by atoms with Gasteiger partial charge in [-0.3, -0.25) is 0 Å². The summed E-state index contributed by atoms with van der Waals surface area (Å²) in [5.74, 6) is -0.840. The van der Waals surface area contributed by atoms with Crippen LogP contribution >= 0.6 is 7.14 Å². The summed E-state index contributed by atoms with van der Waals surface area (Å²) in [5.41, 5.74) is 7.44. The molecule has 0 saturated heterocycles. The van der Waals surface area contributed by atoms with Crippen LogP contribution in [-0.4, -0.2) is 35.1 Å². The minimum atomic E-state index is -2.89. The van der Waals surface area contributed by atoms with Crippen molar-refractivity contribution in [3.63, 3.8) is 0 Å². The van der Waals surface area contributed by atoms with E-state index in [-0.39, 0.29) is 0 Å². The van der Waals surface area contributed by atoms with Crippen molar-refractivity contribution in [3.05, 3.63) is 5.53 Å². The van der Waals surface area contributed by atoms with Gasteiger partial charge in [-0.05, 0) is 20.8 Å². The van der Waals surface area contributed by atoms with Gasteiger partial charge in [-0.1, -0.05) is 0 Å². The summed E-state index contributed by atoms with van der Waals surface area (Å²) in [6, 6.07) is 0. The molecule has 14 heavy (non-hydrogen) atoms. The summed E-state index contributed by atoms with van der Waals surface area (Å²) < 4.78 is 16.4. The minimum Gasteiger partial charge on any atom is -0.451 e. The Balaban J connectivity index is 4.88. The molecule has 0 unspecified atom stereocenters. The van der Waals surface area contributed by atoms with Crippen LogP contribution in [0.1, 0.15) is 20.8 Å². The van der Waals surface area contributed by atoms with Crippen LogP contribution in [0.3, 0.4) is 0 Å². The van der Waals surface area contributed by atoms with Crippen LogP contribution in [0, 0.1) is 0 Å². The van der Waals surface area contributed by atoms with E-state index < -0.39 is 24.2 Å². The summed E-state index contributed by atoms with van der Waals surface area (Å²) >= 11 is 0. The summed E-state index contributed by atoms with van der Waals surface area (Å²) in [4.78, 5) is 14.1. The van der Waals surface area contributed by atoms with E-state index in [1.54, 1.807) is 20.8 Å². The number of ether oxygens (including phenoxy) is 1. The van der Waals surface area contributed by atoms with Crippen molar-refractivity contribution in [2.24, 2.45) is 0 Å². The molecule has 0 aromatic carbocycles. The molecular formula is C8H15N2O3P. The molecule has 0 radical (unpaired) electrons. The third-order valence-electron chi connectivity index (χ3n) is 1.19. The molecule has 0 aromatic rings. The third kappa shape index (κ3) is 4.35. The van der Waals surface area contributed by atoms with Gasteiger partial charge in [0.05, 0.1) is 0 Å². The second kappa shape index (κ2) is 4.07. The van der Waals surface area contributed by atoms with E-state index in [1.807, 2.05) is 0 Å². The first-order valence-electron chi connectivity index (χ1n) is 4.09. The first-order valence-corrected chi connectivity index (χ1v) is 6.69. The average molecular weight is 218 g/mol. The highest BCUT2D eigenvalue weighted by molar-refractivity contribution is 7.81. The van der Waals surface area contributed by atoms with Crippen molar-refractivity contribution in [3.8, 4) is 0 Å². The number of carbonyl (C=O) groups excluding carboxylic acids is 1. The van der Waals surface area contributed by atoms with E-state index in [2.05, 4.69) is 4.79 Å². The molecule has 0 rings (SSSR count). The van der Waals surface area contributed by atoms with Crippen LogP contribution in [0.2, 0.25) is 0 Å². The SMILES string of the molecule is CC(C)(C)OC(=O)C(=[N+]=[N-])P(C)(C)=O. The topological polar surface area (TPSA) is 79.8 Å². The molecule has 0 heterocycles. The second-order valence-corrected chi connectivity index (χ2v) is 7.40. The largest absolute Gasteiger partial charge is 0.451 e. The van der Waals surface area contributed by atoms with Crippen molar-refractivity contribution in [2.75, 3.05) is 13.3 Å². The van der Waals surface area contributed by atoms with Crippen LogP contribution in [0.5, 0.6) is 0 Å². The molecular weight excluding hydrogens is 203 g/mol. The minimum absolute atomic E-state index is 0.410. The fourth-order valence-corrected chi connectivity index (χ4v) is 1.39. The molecule has 0 aliphatic rings. The lowest BCUT2D eigenvalue weighted by atomic mass is 10.2. The summed E-state index contributed by atoms with van der Waals surface area (Å²) in [7, 11) is -2.89.